The number of hydrogen-bond donors (Lipinski definition) is 0. The van der Waals surface area contributed by atoms with Crippen molar-refractivity contribution in [1.82, 2.24) is 4.98 Å². The largest absolute Gasteiger partial charge is 0.461 e. The molecule has 0 fully saturated rings. The number of halogens is 1. The monoisotopic (exact) mass is 263 g/mol. The van der Waals surface area contributed by atoms with Crippen LogP contribution in [0.2, 0.25) is 5.02 Å². The van der Waals surface area contributed by atoms with E-state index in [4.69, 9.17) is 16.0 Å². The highest BCUT2D eigenvalue weighted by molar-refractivity contribution is 7.20. The minimum Gasteiger partial charge on any atom is -0.461 e. The zero-order valence-corrected chi connectivity index (χ0v) is 10.1. The van der Waals surface area contributed by atoms with Gasteiger partial charge in [-0.2, -0.15) is 0 Å². The number of carbonyl (C=O) groups is 1. The lowest BCUT2D eigenvalue weighted by Crippen LogP contribution is -1.97. The van der Waals surface area contributed by atoms with Crippen LogP contribution in [0, 0.1) is 0 Å². The van der Waals surface area contributed by atoms with Crippen LogP contribution in [-0.2, 0) is 0 Å². The standard InChI is InChI=1S/C12H6ClNO2S/c13-7-3-4-10-8(6-7)14-12(17-10)11(15)9-2-1-5-16-9/h1-6H. The molecule has 0 atom stereocenters. The molecule has 17 heavy (non-hydrogen) atoms. The van der Waals surface area contributed by atoms with Gasteiger partial charge in [0.25, 0.3) is 5.78 Å². The first-order valence-corrected chi connectivity index (χ1v) is 6.08. The van der Waals surface area contributed by atoms with Crippen LogP contribution in [0.25, 0.3) is 10.2 Å². The minimum absolute atomic E-state index is 0.202. The summed E-state index contributed by atoms with van der Waals surface area (Å²) in [5.74, 6) is 0.0995. The molecule has 0 bridgehead atoms. The van der Waals surface area contributed by atoms with Crippen molar-refractivity contribution in [2.24, 2.45) is 0 Å². The van der Waals surface area contributed by atoms with Crippen LogP contribution in [0.15, 0.2) is 41.0 Å². The van der Waals surface area contributed by atoms with Gasteiger partial charge in [0.15, 0.2) is 10.8 Å². The number of hydrogen-bond acceptors (Lipinski definition) is 4. The van der Waals surface area contributed by atoms with Gasteiger partial charge in [0.2, 0.25) is 0 Å². The molecule has 0 aliphatic heterocycles. The Morgan fingerprint density at radius 3 is 3.00 bits per heavy atom. The summed E-state index contributed by atoms with van der Waals surface area (Å²) >= 11 is 7.20. The number of furan rings is 1. The van der Waals surface area contributed by atoms with E-state index in [9.17, 15) is 4.79 Å². The summed E-state index contributed by atoms with van der Waals surface area (Å²) in [7, 11) is 0. The summed E-state index contributed by atoms with van der Waals surface area (Å²) in [5, 5.41) is 1.03. The van der Waals surface area contributed by atoms with Gasteiger partial charge in [-0.15, -0.1) is 11.3 Å². The molecular formula is C12H6ClNO2S. The molecule has 0 N–H and O–H groups in total. The molecule has 0 radical (unpaired) electrons. The van der Waals surface area contributed by atoms with E-state index >= 15 is 0 Å². The summed E-state index contributed by atoms with van der Waals surface area (Å²) in [4.78, 5) is 16.2. The van der Waals surface area contributed by atoms with Crippen LogP contribution >= 0.6 is 22.9 Å². The smallest absolute Gasteiger partial charge is 0.256 e. The molecule has 3 nitrogen and oxygen atoms in total. The van der Waals surface area contributed by atoms with Crippen molar-refractivity contribution in [2.75, 3.05) is 0 Å². The predicted octanol–water partition coefficient (Wildman–Crippen LogP) is 3.77. The number of rotatable bonds is 2. The third kappa shape index (κ3) is 1.85. The first-order valence-electron chi connectivity index (χ1n) is 4.88. The van der Waals surface area contributed by atoms with Crippen molar-refractivity contribution < 1.29 is 9.21 Å². The summed E-state index contributed by atoms with van der Waals surface area (Å²) in [6.45, 7) is 0. The zero-order valence-electron chi connectivity index (χ0n) is 8.51. The van der Waals surface area contributed by atoms with Crippen LogP contribution in [0.3, 0.4) is 0 Å². The summed E-state index contributed by atoms with van der Waals surface area (Å²) in [6.07, 6.45) is 1.47. The molecule has 3 aromatic rings. The Balaban J connectivity index is 2.09. The molecule has 0 unspecified atom stereocenters. The Labute approximate surface area is 106 Å². The second-order valence-corrected chi connectivity index (χ2v) is 4.90. The highest BCUT2D eigenvalue weighted by Gasteiger charge is 2.16. The number of nitrogens with zero attached hydrogens (tertiary/aromatic N) is 1. The van der Waals surface area contributed by atoms with Crippen LogP contribution < -0.4 is 0 Å². The summed E-state index contributed by atoms with van der Waals surface area (Å²) in [6, 6.07) is 8.68. The lowest BCUT2D eigenvalue weighted by molar-refractivity contribution is 0.101. The molecule has 0 aliphatic carbocycles. The minimum atomic E-state index is -0.202. The van der Waals surface area contributed by atoms with Gasteiger partial charge in [-0.25, -0.2) is 4.98 Å². The predicted molar refractivity (Wildman–Crippen MR) is 66.8 cm³/mol. The van der Waals surface area contributed by atoms with Crippen molar-refractivity contribution >= 4 is 38.9 Å². The molecule has 3 rings (SSSR count). The molecule has 0 aliphatic rings. The van der Waals surface area contributed by atoms with Crippen LogP contribution in [0.5, 0.6) is 0 Å². The number of benzene rings is 1. The average molecular weight is 264 g/mol. The fraction of sp³-hybridized carbons (Fsp3) is 0. The van der Waals surface area contributed by atoms with E-state index in [0.29, 0.717) is 15.8 Å². The van der Waals surface area contributed by atoms with Crippen LogP contribution in [0.4, 0.5) is 0 Å². The number of carbonyl (C=O) groups excluding carboxylic acids is 1. The molecule has 2 heterocycles. The van der Waals surface area contributed by atoms with E-state index in [1.807, 2.05) is 6.07 Å². The third-order valence-corrected chi connectivity index (χ3v) is 3.56. The fourth-order valence-electron chi connectivity index (χ4n) is 1.51. The Kier molecular flexibility index (Phi) is 2.46. The molecule has 1 aromatic carbocycles. The molecule has 84 valence electrons. The number of thiazole rings is 1. The van der Waals surface area contributed by atoms with Crippen LogP contribution in [-0.4, -0.2) is 10.8 Å². The van der Waals surface area contributed by atoms with E-state index in [2.05, 4.69) is 4.98 Å². The molecular weight excluding hydrogens is 258 g/mol. The number of ketones is 1. The van der Waals surface area contributed by atoms with Gasteiger partial charge in [-0.3, -0.25) is 4.79 Å². The van der Waals surface area contributed by atoms with Crippen molar-refractivity contribution in [1.29, 1.82) is 0 Å². The molecule has 2 aromatic heterocycles. The van der Waals surface area contributed by atoms with E-state index in [1.54, 1.807) is 24.3 Å². The Morgan fingerprint density at radius 1 is 1.35 bits per heavy atom. The maximum atomic E-state index is 12.0. The molecule has 5 heteroatoms. The second-order valence-electron chi connectivity index (χ2n) is 3.44. The Bertz CT molecular complexity index is 688. The molecule has 0 saturated heterocycles. The van der Waals surface area contributed by atoms with Gasteiger partial charge in [0, 0.05) is 5.02 Å². The maximum absolute atomic E-state index is 12.0. The number of aromatic nitrogens is 1. The highest BCUT2D eigenvalue weighted by Crippen LogP contribution is 2.26. The second kappa shape index (κ2) is 3.98. The van der Waals surface area contributed by atoms with Gasteiger partial charge < -0.3 is 4.42 Å². The van der Waals surface area contributed by atoms with Crippen LogP contribution in [0.1, 0.15) is 15.6 Å². The third-order valence-electron chi connectivity index (χ3n) is 2.29. The van der Waals surface area contributed by atoms with Crippen molar-refractivity contribution in [2.45, 2.75) is 0 Å². The molecule has 0 amide bonds. The Hall–Kier alpha value is -1.65. The Morgan fingerprint density at radius 2 is 2.24 bits per heavy atom. The lowest BCUT2D eigenvalue weighted by atomic mass is 10.3. The van der Waals surface area contributed by atoms with Crippen molar-refractivity contribution in [3.63, 3.8) is 0 Å². The first-order chi connectivity index (χ1) is 8.24. The van der Waals surface area contributed by atoms with E-state index in [-0.39, 0.29) is 5.78 Å². The molecule has 0 spiro atoms. The van der Waals surface area contributed by atoms with Gasteiger partial charge in [-0.1, -0.05) is 11.6 Å². The fourth-order valence-corrected chi connectivity index (χ4v) is 2.57. The van der Waals surface area contributed by atoms with Gasteiger partial charge in [0.05, 0.1) is 16.5 Å². The number of fused-ring (bicyclic) bond motifs is 1. The lowest BCUT2D eigenvalue weighted by Gasteiger charge is -1.88. The quantitative estimate of drug-likeness (QED) is 0.661. The van der Waals surface area contributed by atoms with E-state index in [1.165, 1.54) is 17.6 Å². The maximum Gasteiger partial charge on any atom is 0.256 e. The van der Waals surface area contributed by atoms with Crippen molar-refractivity contribution in [3.8, 4) is 0 Å². The first kappa shape index (κ1) is 10.5. The van der Waals surface area contributed by atoms with Gasteiger partial charge in [0.1, 0.15) is 0 Å². The highest BCUT2D eigenvalue weighted by atomic mass is 35.5. The van der Waals surface area contributed by atoms with E-state index < -0.39 is 0 Å². The summed E-state index contributed by atoms with van der Waals surface area (Å²) in [5.41, 5.74) is 0.734. The topological polar surface area (TPSA) is 43.1 Å². The van der Waals surface area contributed by atoms with Gasteiger partial charge >= 0.3 is 0 Å². The normalized spacial score (nSPS) is 10.9. The molecule has 0 saturated carbocycles. The SMILES string of the molecule is O=C(c1ccco1)c1nc2cc(Cl)ccc2s1. The van der Waals surface area contributed by atoms with Gasteiger partial charge in [-0.05, 0) is 30.3 Å². The van der Waals surface area contributed by atoms with E-state index in [0.717, 1.165) is 10.2 Å². The average Bonchev–Trinajstić information content (AvgIpc) is 2.96. The zero-order chi connectivity index (χ0) is 11.8. The van der Waals surface area contributed by atoms with Crippen molar-refractivity contribution in [3.05, 3.63) is 52.4 Å². The summed E-state index contributed by atoms with van der Waals surface area (Å²) < 4.78 is 6.00.